The Balaban J connectivity index is 1.47. The molecule has 0 saturated carbocycles. The molecule has 0 heterocycles. The van der Waals surface area contributed by atoms with Crippen molar-refractivity contribution in [1.29, 1.82) is 0 Å². The molecule has 0 unspecified atom stereocenters. The van der Waals surface area contributed by atoms with E-state index in [9.17, 15) is 9.59 Å². The fourth-order valence-electron chi connectivity index (χ4n) is 2.66. The zero-order valence-corrected chi connectivity index (χ0v) is 15.6. The average molecular weight is 375 g/mol. The summed E-state index contributed by atoms with van der Waals surface area (Å²) in [4.78, 5) is 24.0. The lowest BCUT2D eigenvalue weighted by Crippen LogP contribution is -2.30. The lowest BCUT2D eigenvalue weighted by atomic mass is 10.0. The summed E-state index contributed by atoms with van der Waals surface area (Å²) in [5, 5.41) is 2.55. The van der Waals surface area contributed by atoms with Gasteiger partial charge in [0.05, 0.1) is 7.11 Å². The number of methoxy groups -OCH3 is 1. The predicted octanol–water partition coefficient (Wildman–Crippen LogP) is 3.84. The highest BCUT2D eigenvalue weighted by Gasteiger charge is 2.10. The van der Waals surface area contributed by atoms with Gasteiger partial charge in [0.1, 0.15) is 18.9 Å². The number of nitrogens with one attached hydrogen (secondary N) is 1. The highest BCUT2D eigenvalue weighted by molar-refractivity contribution is 5.96. The SMILES string of the molecule is COc1cccc(C(=O)NCC(=O)OCc2ccc(-c3ccccc3)cc2)c1. The van der Waals surface area contributed by atoms with Crippen LogP contribution in [0.25, 0.3) is 11.1 Å². The van der Waals surface area contributed by atoms with E-state index in [0.717, 1.165) is 16.7 Å². The Kier molecular flexibility index (Phi) is 6.41. The van der Waals surface area contributed by atoms with Crippen molar-refractivity contribution >= 4 is 11.9 Å². The fourth-order valence-corrected chi connectivity index (χ4v) is 2.66. The molecule has 0 atom stereocenters. The quantitative estimate of drug-likeness (QED) is 0.638. The molecular formula is C23H21NO4. The lowest BCUT2D eigenvalue weighted by molar-refractivity contribution is -0.143. The van der Waals surface area contributed by atoms with Gasteiger partial charge in [-0.05, 0) is 34.9 Å². The Morgan fingerprint density at radius 3 is 2.29 bits per heavy atom. The van der Waals surface area contributed by atoms with E-state index in [1.807, 2.05) is 54.6 Å². The molecule has 0 bridgehead atoms. The second-order valence-electron chi connectivity index (χ2n) is 6.14. The molecule has 1 amide bonds. The number of esters is 1. The third-order valence-electron chi connectivity index (χ3n) is 4.19. The molecule has 0 aliphatic heterocycles. The number of hydrogen-bond donors (Lipinski definition) is 1. The minimum absolute atomic E-state index is 0.156. The molecule has 1 N–H and O–H groups in total. The Labute approximate surface area is 163 Å². The van der Waals surface area contributed by atoms with Gasteiger partial charge in [-0.1, -0.05) is 60.7 Å². The van der Waals surface area contributed by atoms with Crippen molar-refractivity contribution in [2.45, 2.75) is 6.61 Å². The monoisotopic (exact) mass is 375 g/mol. The molecule has 0 saturated heterocycles. The van der Waals surface area contributed by atoms with Crippen LogP contribution in [-0.2, 0) is 16.1 Å². The third-order valence-corrected chi connectivity index (χ3v) is 4.19. The maximum Gasteiger partial charge on any atom is 0.325 e. The predicted molar refractivity (Wildman–Crippen MR) is 107 cm³/mol. The Hall–Kier alpha value is -3.60. The molecule has 3 aromatic carbocycles. The summed E-state index contributed by atoms with van der Waals surface area (Å²) in [5.41, 5.74) is 3.53. The van der Waals surface area contributed by atoms with Crippen LogP contribution >= 0.6 is 0 Å². The molecule has 28 heavy (non-hydrogen) atoms. The van der Waals surface area contributed by atoms with E-state index in [2.05, 4.69) is 5.32 Å². The van der Waals surface area contributed by atoms with Gasteiger partial charge in [0.15, 0.2) is 0 Å². The van der Waals surface area contributed by atoms with Crippen LogP contribution in [0.4, 0.5) is 0 Å². The van der Waals surface area contributed by atoms with Gasteiger partial charge in [0, 0.05) is 5.56 Å². The minimum Gasteiger partial charge on any atom is -0.497 e. The fraction of sp³-hybridized carbons (Fsp3) is 0.130. The Morgan fingerprint density at radius 1 is 0.857 bits per heavy atom. The molecule has 0 spiro atoms. The summed E-state index contributed by atoms with van der Waals surface area (Å²) in [6.45, 7) is -0.0406. The number of hydrogen-bond acceptors (Lipinski definition) is 4. The first-order valence-electron chi connectivity index (χ1n) is 8.88. The first-order valence-corrected chi connectivity index (χ1v) is 8.88. The van der Waals surface area contributed by atoms with Gasteiger partial charge in [0.25, 0.3) is 5.91 Å². The van der Waals surface area contributed by atoms with Crippen molar-refractivity contribution in [3.05, 3.63) is 90.0 Å². The van der Waals surface area contributed by atoms with Crippen molar-refractivity contribution in [3.63, 3.8) is 0 Å². The summed E-state index contributed by atoms with van der Waals surface area (Å²) in [6, 6.07) is 24.6. The van der Waals surface area contributed by atoms with Gasteiger partial charge >= 0.3 is 5.97 Å². The van der Waals surface area contributed by atoms with Crippen LogP contribution in [-0.4, -0.2) is 25.5 Å². The number of benzene rings is 3. The highest BCUT2D eigenvalue weighted by atomic mass is 16.5. The van der Waals surface area contributed by atoms with Gasteiger partial charge in [0.2, 0.25) is 0 Å². The van der Waals surface area contributed by atoms with E-state index in [-0.39, 0.29) is 19.1 Å². The standard InChI is InChI=1S/C23H21NO4/c1-27-21-9-5-8-20(14-21)23(26)24-15-22(25)28-16-17-10-12-19(13-11-17)18-6-3-2-4-7-18/h2-14H,15-16H2,1H3,(H,24,26). The third kappa shape index (κ3) is 5.20. The van der Waals surface area contributed by atoms with Crippen LogP contribution in [0.15, 0.2) is 78.9 Å². The molecule has 142 valence electrons. The van der Waals surface area contributed by atoms with Gasteiger partial charge in [-0.3, -0.25) is 9.59 Å². The largest absolute Gasteiger partial charge is 0.497 e. The highest BCUT2D eigenvalue weighted by Crippen LogP contribution is 2.19. The van der Waals surface area contributed by atoms with Crippen molar-refractivity contribution in [3.8, 4) is 16.9 Å². The van der Waals surface area contributed by atoms with E-state index in [1.54, 1.807) is 24.3 Å². The van der Waals surface area contributed by atoms with Crippen molar-refractivity contribution in [1.82, 2.24) is 5.32 Å². The molecule has 0 aliphatic rings. The zero-order valence-electron chi connectivity index (χ0n) is 15.6. The van der Waals surface area contributed by atoms with Crippen molar-refractivity contribution in [2.75, 3.05) is 13.7 Å². The Bertz CT molecular complexity index is 936. The summed E-state index contributed by atoms with van der Waals surface area (Å²) >= 11 is 0. The Morgan fingerprint density at radius 2 is 1.57 bits per heavy atom. The lowest BCUT2D eigenvalue weighted by Gasteiger charge is -2.08. The van der Waals surface area contributed by atoms with Gasteiger partial charge in [-0.2, -0.15) is 0 Å². The number of carbonyl (C=O) groups is 2. The first-order chi connectivity index (χ1) is 13.7. The van der Waals surface area contributed by atoms with Crippen molar-refractivity contribution < 1.29 is 19.1 Å². The maximum atomic E-state index is 12.1. The van der Waals surface area contributed by atoms with Gasteiger partial charge < -0.3 is 14.8 Å². The molecule has 0 aliphatic carbocycles. The number of amides is 1. The normalized spacial score (nSPS) is 10.2. The van der Waals surface area contributed by atoms with Crippen LogP contribution in [0.5, 0.6) is 5.75 Å². The summed E-state index contributed by atoms with van der Waals surface area (Å²) in [6.07, 6.45) is 0. The van der Waals surface area contributed by atoms with Crippen LogP contribution in [0.3, 0.4) is 0 Å². The van der Waals surface area contributed by atoms with E-state index >= 15 is 0 Å². The second-order valence-corrected chi connectivity index (χ2v) is 6.14. The first kappa shape index (κ1) is 19.2. The molecule has 0 aromatic heterocycles. The van der Waals surface area contributed by atoms with Crippen LogP contribution in [0, 0.1) is 0 Å². The van der Waals surface area contributed by atoms with Crippen LogP contribution in [0.1, 0.15) is 15.9 Å². The van der Waals surface area contributed by atoms with Gasteiger partial charge in [-0.15, -0.1) is 0 Å². The molecule has 0 radical (unpaired) electrons. The summed E-state index contributed by atoms with van der Waals surface area (Å²) in [7, 11) is 1.53. The van der Waals surface area contributed by atoms with E-state index in [4.69, 9.17) is 9.47 Å². The molecule has 3 rings (SSSR count). The second kappa shape index (κ2) is 9.37. The molecule has 0 fully saturated rings. The number of ether oxygens (including phenoxy) is 2. The van der Waals surface area contributed by atoms with E-state index in [0.29, 0.717) is 11.3 Å². The smallest absolute Gasteiger partial charge is 0.325 e. The number of rotatable bonds is 7. The van der Waals surface area contributed by atoms with Crippen LogP contribution < -0.4 is 10.1 Å². The number of carbonyl (C=O) groups excluding carboxylic acids is 2. The van der Waals surface area contributed by atoms with E-state index < -0.39 is 5.97 Å². The van der Waals surface area contributed by atoms with E-state index in [1.165, 1.54) is 7.11 Å². The van der Waals surface area contributed by atoms with Crippen molar-refractivity contribution in [2.24, 2.45) is 0 Å². The minimum atomic E-state index is -0.497. The maximum absolute atomic E-state index is 12.1. The molecule has 5 heteroatoms. The topological polar surface area (TPSA) is 64.6 Å². The average Bonchev–Trinajstić information content (AvgIpc) is 2.77. The molecule has 5 nitrogen and oxygen atoms in total. The summed E-state index contributed by atoms with van der Waals surface area (Å²) < 4.78 is 10.3. The molecular weight excluding hydrogens is 354 g/mol. The molecule has 3 aromatic rings. The van der Waals surface area contributed by atoms with Gasteiger partial charge in [-0.25, -0.2) is 0 Å². The zero-order chi connectivity index (χ0) is 19.8. The summed E-state index contributed by atoms with van der Waals surface area (Å²) in [5.74, 6) is -0.277. The van der Waals surface area contributed by atoms with Crippen LogP contribution in [0.2, 0.25) is 0 Å².